The molecular weight excluding hydrogens is 259 g/mol. The molecule has 1 aromatic carbocycles. The van der Waals surface area contributed by atoms with Crippen LogP contribution < -0.4 is 11.1 Å². The Morgan fingerprint density at radius 1 is 1.24 bits per heavy atom. The number of nitrogens with one attached hydrogen (secondary N) is 1. The summed E-state index contributed by atoms with van der Waals surface area (Å²) in [6.07, 6.45) is 1.36. The number of benzene rings is 1. The van der Waals surface area contributed by atoms with Gasteiger partial charge in [0, 0.05) is 6.54 Å². The fraction of sp³-hybridized carbons (Fsp3) is 0.500. The summed E-state index contributed by atoms with van der Waals surface area (Å²) in [6, 6.07) is 3.27. The second-order valence-electron chi connectivity index (χ2n) is 4.14. The fourth-order valence-corrected chi connectivity index (χ4v) is 1.81. The van der Waals surface area contributed by atoms with Gasteiger partial charge in [-0.05, 0) is 25.0 Å². The van der Waals surface area contributed by atoms with E-state index in [0.717, 1.165) is 0 Å². The molecule has 0 fully saturated rings. The van der Waals surface area contributed by atoms with E-state index < -0.39 is 5.60 Å². The zero-order valence-electron chi connectivity index (χ0n) is 10.1. The van der Waals surface area contributed by atoms with Gasteiger partial charge in [-0.2, -0.15) is 0 Å². The van der Waals surface area contributed by atoms with E-state index in [-0.39, 0.29) is 0 Å². The van der Waals surface area contributed by atoms with Crippen molar-refractivity contribution in [2.75, 3.05) is 17.6 Å². The van der Waals surface area contributed by atoms with E-state index >= 15 is 0 Å². The number of halogens is 2. The average molecular weight is 277 g/mol. The lowest BCUT2D eigenvalue weighted by Gasteiger charge is -2.26. The largest absolute Gasteiger partial charge is 0.397 e. The molecular formula is C12H18Cl2N2O. The quantitative estimate of drug-likeness (QED) is 0.721. The summed E-state index contributed by atoms with van der Waals surface area (Å²) in [4.78, 5) is 0. The van der Waals surface area contributed by atoms with Crippen molar-refractivity contribution in [2.24, 2.45) is 0 Å². The summed E-state index contributed by atoms with van der Waals surface area (Å²) < 4.78 is 0. The van der Waals surface area contributed by atoms with Gasteiger partial charge < -0.3 is 16.2 Å². The van der Waals surface area contributed by atoms with Crippen LogP contribution in [0.2, 0.25) is 10.0 Å². The second-order valence-corrected chi connectivity index (χ2v) is 4.95. The lowest BCUT2D eigenvalue weighted by atomic mass is 9.97. The first-order valence-electron chi connectivity index (χ1n) is 5.62. The van der Waals surface area contributed by atoms with E-state index in [0.29, 0.717) is 40.8 Å². The molecule has 0 spiro atoms. The van der Waals surface area contributed by atoms with Crippen LogP contribution in [0.4, 0.5) is 11.4 Å². The van der Waals surface area contributed by atoms with E-state index in [2.05, 4.69) is 5.32 Å². The molecule has 3 nitrogen and oxygen atoms in total. The molecule has 0 saturated carbocycles. The van der Waals surface area contributed by atoms with Crippen LogP contribution >= 0.6 is 23.2 Å². The van der Waals surface area contributed by atoms with Crippen LogP contribution in [0.15, 0.2) is 12.1 Å². The molecule has 0 unspecified atom stereocenters. The van der Waals surface area contributed by atoms with Gasteiger partial charge in [-0.15, -0.1) is 0 Å². The number of nitrogens with two attached hydrogens (primary N) is 1. The number of aliphatic hydroxyl groups is 1. The molecule has 96 valence electrons. The van der Waals surface area contributed by atoms with Crippen LogP contribution in [0.25, 0.3) is 0 Å². The van der Waals surface area contributed by atoms with Gasteiger partial charge in [-0.3, -0.25) is 0 Å². The Labute approximate surface area is 112 Å². The summed E-state index contributed by atoms with van der Waals surface area (Å²) in [7, 11) is 0. The number of hydrogen-bond donors (Lipinski definition) is 3. The Bertz CT molecular complexity index is 392. The number of rotatable bonds is 5. The highest BCUT2D eigenvalue weighted by atomic mass is 35.5. The van der Waals surface area contributed by atoms with E-state index in [1.165, 1.54) is 0 Å². The highest BCUT2D eigenvalue weighted by molar-refractivity contribution is 6.42. The van der Waals surface area contributed by atoms with Gasteiger partial charge in [0.2, 0.25) is 0 Å². The van der Waals surface area contributed by atoms with Gasteiger partial charge >= 0.3 is 0 Å². The van der Waals surface area contributed by atoms with E-state index in [4.69, 9.17) is 28.9 Å². The maximum atomic E-state index is 10.1. The number of anilines is 2. The summed E-state index contributed by atoms with van der Waals surface area (Å²) >= 11 is 11.8. The minimum absolute atomic E-state index is 0.427. The topological polar surface area (TPSA) is 58.3 Å². The Kier molecular flexibility index (Phi) is 4.92. The molecule has 0 saturated heterocycles. The molecule has 0 aromatic heterocycles. The van der Waals surface area contributed by atoms with E-state index in [9.17, 15) is 5.11 Å². The molecule has 0 aliphatic carbocycles. The molecule has 0 atom stereocenters. The highest BCUT2D eigenvalue weighted by Gasteiger charge is 2.22. The molecule has 0 heterocycles. The Morgan fingerprint density at radius 3 is 2.29 bits per heavy atom. The van der Waals surface area contributed by atoms with Crippen molar-refractivity contribution < 1.29 is 5.11 Å². The van der Waals surface area contributed by atoms with Gasteiger partial charge in [0.05, 0.1) is 27.0 Å². The zero-order chi connectivity index (χ0) is 13.1. The van der Waals surface area contributed by atoms with Crippen molar-refractivity contribution in [3.63, 3.8) is 0 Å². The number of nitrogen functional groups attached to an aromatic ring is 1. The summed E-state index contributed by atoms with van der Waals surface area (Å²) in [5.41, 5.74) is 6.31. The van der Waals surface area contributed by atoms with Crippen molar-refractivity contribution >= 4 is 34.6 Å². The third-order valence-electron chi connectivity index (χ3n) is 3.02. The normalized spacial score (nSPS) is 11.6. The van der Waals surface area contributed by atoms with Gasteiger partial charge in [-0.25, -0.2) is 0 Å². The van der Waals surface area contributed by atoms with Crippen molar-refractivity contribution in [2.45, 2.75) is 32.3 Å². The maximum Gasteiger partial charge on any atom is 0.0814 e. The first-order valence-corrected chi connectivity index (χ1v) is 6.38. The Balaban J connectivity index is 2.79. The van der Waals surface area contributed by atoms with E-state index in [1.807, 2.05) is 13.8 Å². The first kappa shape index (κ1) is 14.4. The third-order valence-corrected chi connectivity index (χ3v) is 3.74. The molecule has 4 N–H and O–H groups in total. The molecule has 0 aliphatic heterocycles. The lowest BCUT2D eigenvalue weighted by molar-refractivity contribution is 0.0457. The molecule has 5 heteroatoms. The lowest BCUT2D eigenvalue weighted by Crippen LogP contribution is -2.35. The predicted molar refractivity (Wildman–Crippen MR) is 74.9 cm³/mol. The van der Waals surface area contributed by atoms with Gasteiger partial charge in [-0.1, -0.05) is 37.0 Å². The first-order chi connectivity index (χ1) is 7.91. The summed E-state index contributed by atoms with van der Waals surface area (Å²) in [5, 5.41) is 14.1. The maximum absolute atomic E-state index is 10.1. The van der Waals surface area contributed by atoms with Crippen molar-refractivity contribution in [3.8, 4) is 0 Å². The standard InChI is InChI=1S/C12H18Cl2N2O/c1-3-12(17,4-2)7-16-11-6-9(14)8(13)5-10(11)15/h5-6,16-17H,3-4,7,15H2,1-2H3. The van der Waals surface area contributed by atoms with Crippen LogP contribution in [-0.4, -0.2) is 17.3 Å². The van der Waals surface area contributed by atoms with Gasteiger partial charge in [0.1, 0.15) is 0 Å². The Morgan fingerprint density at radius 2 is 1.76 bits per heavy atom. The van der Waals surface area contributed by atoms with Gasteiger partial charge in [0.25, 0.3) is 0 Å². The Hall–Kier alpha value is -0.640. The molecule has 1 aromatic rings. The molecule has 0 bridgehead atoms. The number of hydrogen-bond acceptors (Lipinski definition) is 3. The van der Waals surface area contributed by atoms with Crippen LogP contribution in [0.1, 0.15) is 26.7 Å². The molecule has 0 radical (unpaired) electrons. The highest BCUT2D eigenvalue weighted by Crippen LogP contribution is 2.31. The molecule has 0 amide bonds. The van der Waals surface area contributed by atoms with Crippen molar-refractivity contribution in [1.29, 1.82) is 0 Å². The fourth-order valence-electron chi connectivity index (χ4n) is 1.48. The summed E-state index contributed by atoms with van der Waals surface area (Å²) in [6.45, 7) is 4.33. The molecule has 1 rings (SSSR count). The molecule has 17 heavy (non-hydrogen) atoms. The van der Waals surface area contributed by atoms with Crippen LogP contribution in [0.3, 0.4) is 0 Å². The van der Waals surface area contributed by atoms with Crippen LogP contribution in [0.5, 0.6) is 0 Å². The van der Waals surface area contributed by atoms with Crippen LogP contribution in [-0.2, 0) is 0 Å². The smallest absolute Gasteiger partial charge is 0.0814 e. The van der Waals surface area contributed by atoms with Crippen molar-refractivity contribution in [3.05, 3.63) is 22.2 Å². The minimum atomic E-state index is -0.724. The van der Waals surface area contributed by atoms with Crippen LogP contribution in [0, 0.1) is 0 Å². The summed E-state index contributed by atoms with van der Waals surface area (Å²) in [5.74, 6) is 0. The monoisotopic (exact) mass is 276 g/mol. The zero-order valence-corrected chi connectivity index (χ0v) is 11.6. The average Bonchev–Trinajstić information content (AvgIpc) is 2.32. The predicted octanol–water partition coefficient (Wildman–Crippen LogP) is 3.54. The third kappa shape index (κ3) is 3.66. The second kappa shape index (κ2) is 5.80. The van der Waals surface area contributed by atoms with Crippen molar-refractivity contribution in [1.82, 2.24) is 0 Å². The minimum Gasteiger partial charge on any atom is -0.397 e. The van der Waals surface area contributed by atoms with Gasteiger partial charge in [0.15, 0.2) is 0 Å². The SMILES string of the molecule is CCC(O)(CC)CNc1cc(Cl)c(Cl)cc1N. The van der Waals surface area contributed by atoms with E-state index in [1.54, 1.807) is 12.1 Å². The molecule has 0 aliphatic rings.